The van der Waals surface area contributed by atoms with Crippen LogP contribution in [-0.2, 0) is 11.3 Å². The Balaban J connectivity index is 2.96. The van der Waals surface area contributed by atoms with Gasteiger partial charge in [0, 0.05) is 12.1 Å². The summed E-state index contributed by atoms with van der Waals surface area (Å²) in [7, 11) is 1.61. The number of likely N-dealkylation sites (N-methyl/N-ethyl adjacent to an activating group) is 1. The number of ether oxygens (including phenoxy) is 1. The van der Waals surface area contributed by atoms with Crippen molar-refractivity contribution < 1.29 is 23.4 Å². The molecule has 0 atom stereocenters. The molecule has 0 aliphatic heterocycles. The summed E-state index contributed by atoms with van der Waals surface area (Å²) in [6.07, 6.45) is 0. The average molecular weight is 273 g/mol. The number of hydrogen-bond donors (Lipinski definition) is 1. The maximum atomic E-state index is 12.4. The smallest absolute Gasteiger partial charge is 0.387 e. The standard InChI is InChI=1S/C13H17F2NO3/c1-8-4-10(6-16(3)7-12(17)18)11(5-9(8)2)19-13(14)15/h4-5,13H,6-7H2,1-3H3,(H,17,18). The first-order chi connectivity index (χ1) is 8.79. The number of halogens is 2. The molecule has 0 fully saturated rings. The van der Waals surface area contributed by atoms with Crippen molar-refractivity contribution in [3.8, 4) is 5.75 Å². The highest BCUT2D eigenvalue weighted by Gasteiger charge is 2.14. The molecule has 6 heteroatoms. The molecule has 4 nitrogen and oxygen atoms in total. The lowest BCUT2D eigenvalue weighted by Crippen LogP contribution is -2.25. The summed E-state index contributed by atoms with van der Waals surface area (Å²) in [5.74, 6) is -0.877. The molecule has 0 heterocycles. The van der Waals surface area contributed by atoms with E-state index in [9.17, 15) is 13.6 Å². The van der Waals surface area contributed by atoms with E-state index in [2.05, 4.69) is 4.74 Å². The highest BCUT2D eigenvalue weighted by molar-refractivity contribution is 5.69. The molecular weight excluding hydrogens is 256 g/mol. The van der Waals surface area contributed by atoms with Crippen molar-refractivity contribution in [2.45, 2.75) is 27.0 Å². The molecule has 0 aromatic heterocycles. The molecule has 0 radical (unpaired) electrons. The van der Waals surface area contributed by atoms with Crippen LogP contribution in [0.4, 0.5) is 8.78 Å². The van der Waals surface area contributed by atoms with Gasteiger partial charge in [-0.3, -0.25) is 9.69 Å². The molecule has 0 spiro atoms. The molecule has 0 unspecified atom stereocenters. The van der Waals surface area contributed by atoms with Crippen LogP contribution >= 0.6 is 0 Å². The fraction of sp³-hybridized carbons (Fsp3) is 0.462. The van der Waals surface area contributed by atoms with Crippen LogP contribution in [0.2, 0.25) is 0 Å². The molecule has 1 aromatic rings. The van der Waals surface area contributed by atoms with Crippen LogP contribution in [-0.4, -0.2) is 36.2 Å². The zero-order valence-corrected chi connectivity index (χ0v) is 11.1. The number of carboxylic acid groups (broad SMARTS) is 1. The Morgan fingerprint density at radius 1 is 1.37 bits per heavy atom. The van der Waals surface area contributed by atoms with Crippen molar-refractivity contribution in [2.75, 3.05) is 13.6 Å². The van der Waals surface area contributed by atoms with Crippen molar-refractivity contribution in [2.24, 2.45) is 0 Å². The minimum absolute atomic E-state index is 0.0929. The summed E-state index contributed by atoms with van der Waals surface area (Å²) in [5.41, 5.74) is 2.34. The fourth-order valence-electron chi connectivity index (χ4n) is 1.76. The molecule has 0 bridgehead atoms. The van der Waals surface area contributed by atoms with Crippen LogP contribution in [0.5, 0.6) is 5.75 Å². The Morgan fingerprint density at radius 2 is 1.95 bits per heavy atom. The van der Waals surface area contributed by atoms with Crippen molar-refractivity contribution in [1.82, 2.24) is 4.90 Å². The van der Waals surface area contributed by atoms with Gasteiger partial charge in [0.1, 0.15) is 5.75 Å². The van der Waals surface area contributed by atoms with E-state index >= 15 is 0 Å². The molecule has 0 aliphatic rings. The number of benzene rings is 1. The number of carboxylic acids is 1. The summed E-state index contributed by atoms with van der Waals surface area (Å²) in [5, 5.41) is 8.68. The van der Waals surface area contributed by atoms with Crippen LogP contribution < -0.4 is 4.74 Å². The van der Waals surface area contributed by atoms with E-state index < -0.39 is 12.6 Å². The van der Waals surface area contributed by atoms with Gasteiger partial charge in [0.15, 0.2) is 0 Å². The van der Waals surface area contributed by atoms with Crippen molar-refractivity contribution >= 4 is 5.97 Å². The molecule has 0 amide bonds. The first kappa shape index (κ1) is 15.4. The second kappa shape index (κ2) is 6.47. The Kier molecular flexibility index (Phi) is 5.23. The van der Waals surface area contributed by atoms with E-state index in [4.69, 9.17) is 5.11 Å². The lowest BCUT2D eigenvalue weighted by atomic mass is 10.0. The monoisotopic (exact) mass is 273 g/mol. The predicted octanol–water partition coefficient (Wildman–Crippen LogP) is 2.42. The van der Waals surface area contributed by atoms with Crippen LogP contribution in [0.25, 0.3) is 0 Å². The molecule has 19 heavy (non-hydrogen) atoms. The Hall–Kier alpha value is -1.69. The van der Waals surface area contributed by atoms with Gasteiger partial charge < -0.3 is 9.84 Å². The lowest BCUT2D eigenvalue weighted by molar-refractivity contribution is -0.138. The van der Waals surface area contributed by atoms with Gasteiger partial charge in [-0.15, -0.1) is 0 Å². The summed E-state index contributed by atoms with van der Waals surface area (Å²) in [4.78, 5) is 12.1. The van der Waals surface area contributed by atoms with Crippen LogP contribution in [0.3, 0.4) is 0 Å². The van der Waals surface area contributed by atoms with Crippen molar-refractivity contribution in [1.29, 1.82) is 0 Å². The number of rotatable bonds is 6. The molecular formula is C13H17F2NO3. The van der Waals surface area contributed by atoms with Crippen molar-refractivity contribution in [3.63, 3.8) is 0 Å². The zero-order chi connectivity index (χ0) is 14.6. The van der Waals surface area contributed by atoms with Crippen LogP contribution in [0.1, 0.15) is 16.7 Å². The minimum atomic E-state index is -2.90. The summed E-state index contributed by atoms with van der Waals surface area (Å²) in [6, 6.07) is 3.29. The maximum Gasteiger partial charge on any atom is 0.387 e. The lowest BCUT2D eigenvalue weighted by Gasteiger charge is -2.18. The van der Waals surface area contributed by atoms with Crippen LogP contribution in [0, 0.1) is 13.8 Å². The Bertz CT molecular complexity index is 463. The molecule has 1 rings (SSSR count). The third-order valence-electron chi connectivity index (χ3n) is 2.74. The molecule has 0 saturated carbocycles. The topological polar surface area (TPSA) is 49.8 Å². The van der Waals surface area contributed by atoms with Crippen LogP contribution in [0.15, 0.2) is 12.1 Å². The largest absolute Gasteiger partial charge is 0.480 e. The summed E-state index contributed by atoms with van der Waals surface area (Å²) in [6.45, 7) is 0.836. The van der Waals surface area contributed by atoms with E-state index in [1.165, 1.54) is 4.90 Å². The highest BCUT2D eigenvalue weighted by Crippen LogP contribution is 2.26. The second-order valence-electron chi connectivity index (χ2n) is 4.49. The highest BCUT2D eigenvalue weighted by atomic mass is 19.3. The Labute approximate surface area is 110 Å². The number of aliphatic carboxylic acids is 1. The maximum absolute atomic E-state index is 12.4. The van der Waals surface area contributed by atoms with Gasteiger partial charge in [-0.25, -0.2) is 0 Å². The third-order valence-corrected chi connectivity index (χ3v) is 2.74. The number of hydrogen-bond acceptors (Lipinski definition) is 3. The number of carbonyl (C=O) groups is 1. The van der Waals surface area contributed by atoms with Gasteiger partial charge in [-0.2, -0.15) is 8.78 Å². The van der Waals surface area contributed by atoms with Gasteiger partial charge >= 0.3 is 12.6 Å². The average Bonchev–Trinajstić information content (AvgIpc) is 2.23. The molecule has 0 saturated heterocycles. The number of aryl methyl sites for hydroxylation is 2. The van der Waals surface area contributed by atoms with Gasteiger partial charge in [-0.05, 0) is 38.1 Å². The van der Waals surface area contributed by atoms with Crippen molar-refractivity contribution in [3.05, 3.63) is 28.8 Å². The first-order valence-electron chi connectivity index (χ1n) is 5.75. The first-order valence-corrected chi connectivity index (χ1v) is 5.75. The molecule has 0 aliphatic carbocycles. The van der Waals surface area contributed by atoms with E-state index in [0.29, 0.717) is 5.56 Å². The molecule has 106 valence electrons. The number of alkyl halides is 2. The second-order valence-corrected chi connectivity index (χ2v) is 4.49. The molecule has 1 aromatic carbocycles. The summed E-state index contributed by atoms with van der Waals surface area (Å²) >= 11 is 0. The Morgan fingerprint density at radius 3 is 2.47 bits per heavy atom. The van der Waals surface area contributed by atoms with E-state index in [0.717, 1.165) is 11.1 Å². The SMILES string of the molecule is Cc1cc(CN(C)CC(=O)O)c(OC(F)F)cc1C. The van der Waals surface area contributed by atoms with E-state index in [-0.39, 0.29) is 18.8 Å². The third kappa shape index (κ3) is 4.82. The van der Waals surface area contributed by atoms with Gasteiger partial charge in [0.25, 0.3) is 0 Å². The quantitative estimate of drug-likeness (QED) is 0.864. The fourth-order valence-corrected chi connectivity index (χ4v) is 1.76. The van der Waals surface area contributed by atoms with E-state index in [1.54, 1.807) is 26.1 Å². The van der Waals surface area contributed by atoms with Gasteiger partial charge in [0.2, 0.25) is 0 Å². The minimum Gasteiger partial charge on any atom is -0.480 e. The summed E-state index contributed by atoms with van der Waals surface area (Å²) < 4.78 is 29.2. The van der Waals surface area contributed by atoms with E-state index in [1.807, 2.05) is 6.92 Å². The predicted molar refractivity (Wildman–Crippen MR) is 66.5 cm³/mol. The van der Waals surface area contributed by atoms with Gasteiger partial charge in [0.05, 0.1) is 6.54 Å². The van der Waals surface area contributed by atoms with Gasteiger partial charge in [-0.1, -0.05) is 6.07 Å². The normalized spacial score (nSPS) is 11.1. The zero-order valence-electron chi connectivity index (χ0n) is 11.1. The molecule has 1 N–H and O–H groups in total. The number of nitrogens with zero attached hydrogens (tertiary/aromatic N) is 1.